The monoisotopic (exact) mass is 447 g/mol. The molecule has 2 heterocycles. The Hall–Kier alpha value is -4.14. The van der Waals surface area contributed by atoms with Gasteiger partial charge in [-0.15, -0.1) is 0 Å². The maximum absolute atomic E-state index is 12.8. The van der Waals surface area contributed by atoms with Gasteiger partial charge in [0.05, 0.1) is 16.9 Å². The molecular formula is C24H25N5O4. The van der Waals surface area contributed by atoms with E-state index in [1.807, 2.05) is 36.4 Å². The van der Waals surface area contributed by atoms with Crippen LogP contribution in [0.15, 0.2) is 48.7 Å². The van der Waals surface area contributed by atoms with Crippen LogP contribution in [-0.2, 0) is 11.2 Å². The molecule has 2 amide bonds. The quantitative estimate of drug-likeness (QED) is 0.428. The number of para-hydroxylation sites is 1. The molecule has 0 fully saturated rings. The molecule has 33 heavy (non-hydrogen) atoms. The van der Waals surface area contributed by atoms with Crippen molar-refractivity contribution < 1.29 is 19.5 Å². The molecule has 4 N–H and O–H groups in total. The van der Waals surface area contributed by atoms with Crippen molar-refractivity contribution in [2.75, 3.05) is 24.2 Å². The zero-order valence-electron chi connectivity index (χ0n) is 18.2. The molecule has 0 aliphatic heterocycles. The molecule has 0 bridgehead atoms. The SMILES string of the molecule is CN(CCC(=O)Nc1cc(-c2[nH]c3c(c2Nc2ccccc2)C(=O)CCC3)ccn1)C(=O)O. The molecule has 0 radical (unpaired) electrons. The van der Waals surface area contributed by atoms with Gasteiger partial charge in [0.15, 0.2) is 5.78 Å². The van der Waals surface area contributed by atoms with Crippen molar-refractivity contribution in [2.24, 2.45) is 0 Å². The van der Waals surface area contributed by atoms with Crippen LogP contribution in [0.25, 0.3) is 11.3 Å². The Morgan fingerprint density at radius 2 is 1.97 bits per heavy atom. The van der Waals surface area contributed by atoms with Crippen LogP contribution >= 0.6 is 0 Å². The summed E-state index contributed by atoms with van der Waals surface area (Å²) >= 11 is 0. The maximum Gasteiger partial charge on any atom is 0.407 e. The molecule has 1 aliphatic rings. The Kier molecular flexibility index (Phi) is 6.39. The van der Waals surface area contributed by atoms with Gasteiger partial charge in [-0.1, -0.05) is 18.2 Å². The zero-order chi connectivity index (χ0) is 23.4. The number of pyridine rings is 1. The number of hydrogen-bond donors (Lipinski definition) is 4. The Labute approximate surface area is 190 Å². The molecule has 9 nitrogen and oxygen atoms in total. The number of carbonyl (C=O) groups excluding carboxylic acids is 2. The standard InChI is InChI=1S/C24H25N5O4/c1-29(24(32)33)13-11-20(31)28-19-14-15(10-12-25-19)22-23(26-16-6-3-2-4-7-16)21-17(27-22)8-5-9-18(21)30/h2-4,6-7,10,12,14,26-27H,5,8-9,11,13H2,1H3,(H,32,33)(H,25,28,31). The average molecular weight is 447 g/mol. The predicted octanol–water partition coefficient (Wildman–Crippen LogP) is 4.28. The normalized spacial score (nSPS) is 12.7. The number of Topliss-reactive ketones (excluding diaryl/α,β-unsaturated/α-hetero) is 1. The number of fused-ring (bicyclic) bond motifs is 1. The highest BCUT2D eigenvalue weighted by Gasteiger charge is 2.27. The maximum atomic E-state index is 12.8. The Morgan fingerprint density at radius 1 is 1.18 bits per heavy atom. The summed E-state index contributed by atoms with van der Waals surface area (Å²) < 4.78 is 0. The minimum atomic E-state index is -1.09. The van der Waals surface area contributed by atoms with Gasteiger partial charge >= 0.3 is 6.09 Å². The summed E-state index contributed by atoms with van der Waals surface area (Å²) in [5.74, 6) is 0.110. The molecule has 9 heteroatoms. The minimum Gasteiger partial charge on any atom is -0.465 e. The van der Waals surface area contributed by atoms with Crippen molar-refractivity contribution >= 4 is 35.0 Å². The molecule has 4 rings (SSSR count). The van der Waals surface area contributed by atoms with Gasteiger partial charge in [0, 0.05) is 49.6 Å². The Bertz CT molecular complexity index is 1190. The lowest BCUT2D eigenvalue weighted by Crippen LogP contribution is -2.28. The number of benzene rings is 1. The van der Waals surface area contributed by atoms with Gasteiger partial charge in [0.1, 0.15) is 5.82 Å². The summed E-state index contributed by atoms with van der Waals surface area (Å²) in [7, 11) is 1.41. The Balaban J connectivity index is 1.62. The third kappa shape index (κ3) is 5.03. The number of anilines is 3. The summed E-state index contributed by atoms with van der Waals surface area (Å²) in [4.78, 5) is 44.6. The van der Waals surface area contributed by atoms with Crippen LogP contribution in [-0.4, -0.2) is 51.4 Å². The number of carbonyl (C=O) groups is 3. The highest BCUT2D eigenvalue weighted by atomic mass is 16.4. The molecule has 0 saturated carbocycles. The van der Waals surface area contributed by atoms with Gasteiger partial charge in [-0.2, -0.15) is 0 Å². The Morgan fingerprint density at radius 3 is 2.73 bits per heavy atom. The molecule has 1 aliphatic carbocycles. The number of rotatable bonds is 7. The van der Waals surface area contributed by atoms with Crippen molar-refractivity contribution in [2.45, 2.75) is 25.7 Å². The fourth-order valence-electron chi connectivity index (χ4n) is 3.83. The summed E-state index contributed by atoms with van der Waals surface area (Å²) in [6.07, 6.45) is 2.61. The molecule has 2 aromatic heterocycles. The smallest absolute Gasteiger partial charge is 0.407 e. The number of amides is 2. The van der Waals surface area contributed by atoms with Crippen LogP contribution in [0.2, 0.25) is 0 Å². The first-order chi connectivity index (χ1) is 15.9. The van der Waals surface area contributed by atoms with Crippen molar-refractivity contribution in [1.29, 1.82) is 0 Å². The van der Waals surface area contributed by atoms with Crippen molar-refractivity contribution in [3.05, 3.63) is 59.9 Å². The second kappa shape index (κ2) is 9.56. The number of ketones is 1. The number of nitrogens with one attached hydrogen (secondary N) is 3. The van der Waals surface area contributed by atoms with E-state index in [0.29, 0.717) is 23.5 Å². The van der Waals surface area contributed by atoms with Crippen LogP contribution in [0.4, 0.5) is 22.0 Å². The van der Waals surface area contributed by atoms with E-state index in [1.54, 1.807) is 12.3 Å². The largest absolute Gasteiger partial charge is 0.465 e. The van der Waals surface area contributed by atoms with Crippen molar-refractivity contribution in [1.82, 2.24) is 14.9 Å². The number of carboxylic acid groups (broad SMARTS) is 1. The fraction of sp³-hybridized carbons (Fsp3) is 0.250. The summed E-state index contributed by atoms with van der Waals surface area (Å²) in [6.45, 7) is 0.0808. The van der Waals surface area contributed by atoms with E-state index in [1.165, 1.54) is 7.05 Å². The van der Waals surface area contributed by atoms with Crippen molar-refractivity contribution in [3.63, 3.8) is 0 Å². The second-order valence-electron chi connectivity index (χ2n) is 7.93. The van der Waals surface area contributed by atoms with Crippen LogP contribution in [0, 0.1) is 0 Å². The zero-order valence-corrected chi connectivity index (χ0v) is 18.2. The average Bonchev–Trinajstić information content (AvgIpc) is 3.18. The lowest BCUT2D eigenvalue weighted by atomic mass is 9.95. The van der Waals surface area contributed by atoms with E-state index in [4.69, 9.17) is 5.11 Å². The van der Waals surface area contributed by atoms with Gasteiger partial charge in [-0.05, 0) is 37.1 Å². The predicted molar refractivity (Wildman–Crippen MR) is 125 cm³/mol. The third-order valence-electron chi connectivity index (χ3n) is 5.55. The van der Waals surface area contributed by atoms with Crippen LogP contribution in [0.1, 0.15) is 35.3 Å². The summed E-state index contributed by atoms with van der Waals surface area (Å²) in [6, 6.07) is 13.2. The van der Waals surface area contributed by atoms with E-state index in [9.17, 15) is 14.4 Å². The summed E-state index contributed by atoms with van der Waals surface area (Å²) in [5.41, 5.74) is 4.68. The highest BCUT2D eigenvalue weighted by Crippen LogP contribution is 2.39. The molecule has 170 valence electrons. The van der Waals surface area contributed by atoms with Crippen molar-refractivity contribution in [3.8, 4) is 11.3 Å². The molecule has 0 spiro atoms. The van der Waals surface area contributed by atoms with Gasteiger partial charge in [-0.3, -0.25) is 9.59 Å². The van der Waals surface area contributed by atoms with Gasteiger partial charge in [-0.25, -0.2) is 9.78 Å². The fourth-order valence-corrected chi connectivity index (χ4v) is 3.83. The number of aromatic amines is 1. The number of aryl methyl sites for hydroxylation is 1. The second-order valence-corrected chi connectivity index (χ2v) is 7.93. The number of aromatic nitrogens is 2. The number of H-pyrrole nitrogens is 1. The molecule has 0 atom stereocenters. The van der Waals surface area contributed by atoms with E-state index >= 15 is 0 Å². The number of nitrogens with zero attached hydrogens (tertiary/aromatic N) is 2. The first kappa shape index (κ1) is 22.1. The number of hydrogen-bond acceptors (Lipinski definition) is 5. The molecular weight excluding hydrogens is 422 g/mol. The highest BCUT2D eigenvalue weighted by molar-refractivity contribution is 6.07. The van der Waals surface area contributed by atoms with E-state index in [-0.39, 0.29) is 24.7 Å². The van der Waals surface area contributed by atoms with E-state index in [2.05, 4.69) is 20.6 Å². The topological polar surface area (TPSA) is 127 Å². The molecule has 3 aromatic rings. The van der Waals surface area contributed by atoms with Gasteiger partial charge in [0.25, 0.3) is 0 Å². The van der Waals surface area contributed by atoms with E-state index in [0.717, 1.165) is 40.4 Å². The molecule has 0 unspecified atom stereocenters. The van der Waals surface area contributed by atoms with Crippen LogP contribution < -0.4 is 10.6 Å². The van der Waals surface area contributed by atoms with Crippen LogP contribution in [0.5, 0.6) is 0 Å². The third-order valence-corrected chi connectivity index (χ3v) is 5.55. The summed E-state index contributed by atoms with van der Waals surface area (Å²) in [5, 5.41) is 15.0. The van der Waals surface area contributed by atoms with E-state index < -0.39 is 6.09 Å². The van der Waals surface area contributed by atoms with Gasteiger partial charge < -0.3 is 25.6 Å². The lowest BCUT2D eigenvalue weighted by molar-refractivity contribution is -0.116. The van der Waals surface area contributed by atoms with Gasteiger partial charge in [0.2, 0.25) is 5.91 Å². The lowest BCUT2D eigenvalue weighted by Gasteiger charge is -2.14. The van der Waals surface area contributed by atoms with Crippen LogP contribution in [0.3, 0.4) is 0 Å². The first-order valence-corrected chi connectivity index (χ1v) is 10.7. The minimum absolute atomic E-state index is 0.0147. The molecule has 0 saturated heterocycles. The first-order valence-electron chi connectivity index (χ1n) is 10.7. The molecule has 1 aromatic carbocycles.